The van der Waals surface area contributed by atoms with Gasteiger partial charge in [-0.1, -0.05) is 27.7 Å². The molecule has 0 amide bonds. The second kappa shape index (κ2) is 5.21. The molecule has 0 saturated carbocycles. The maximum Gasteiger partial charge on any atom is 0.106 e. The van der Waals surface area contributed by atoms with E-state index in [1.54, 1.807) is 0 Å². The summed E-state index contributed by atoms with van der Waals surface area (Å²) in [5, 5.41) is 3.32. The molecule has 96 valence electrons. The number of rotatable bonds is 5. The fourth-order valence-electron chi connectivity index (χ4n) is 2.38. The fourth-order valence-corrected chi connectivity index (χ4v) is 2.38. The number of nitrogens with zero attached hydrogens (tertiary/aromatic N) is 1. The van der Waals surface area contributed by atoms with Crippen molar-refractivity contribution in [2.24, 2.45) is 11.8 Å². The van der Waals surface area contributed by atoms with Gasteiger partial charge in [0.25, 0.3) is 0 Å². The second-order valence-corrected chi connectivity index (χ2v) is 6.03. The van der Waals surface area contributed by atoms with Crippen LogP contribution in [0.15, 0.2) is 0 Å². The Morgan fingerprint density at radius 3 is 2.41 bits per heavy atom. The molecule has 1 saturated heterocycles. The zero-order chi connectivity index (χ0) is 12.4. The smallest absolute Gasteiger partial charge is 0.106 e. The van der Waals surface area contributed by atoms with Gasteiger partial charge in [0.15, 0.2) is 0 Å². The highest BCUT2D eigenvalue weighted by Gasteiger charge is 2.21. The molecule has 1 fully saturated rings. The molecule has 0 aliphatic carbocycles. The van der Waals surface area contributed by atoms with Crippen molar-refractivity contribution in [1.82, 2.24) is 15.3 Å². The first-order valence-corrected chi connectivity index (χ1v) is 6.84. The van der Waals surface area contributed by atoms with Crippen molar-refractivity contribution in [1.29, 1.82) is 0 Å². The fraction of sp³-hybridized carbons (Fsp3) is 0.786. The van der Waals surface area contributed by atoms with Crippen LogP contribution in [0, 0.1) is 11.8 Å². The van der Waals surface area contributed by atoms with Crippen LogP contribution in [-0.2, 0) is 12.8 Å². The van der Waals surface area contributed by atoms with Crippen molar-refractivity contribution in [3.05, 3.63) is 17.2 Å². The number of aromatic nitrogens is 2. The molecular weight excluding hydrogens is 210 g/mol. The second-order valence-electron chi connectivity index (χ2n) is 6.03. The lowest BCUT2D eigenvalue weighted by Gasteiger charge is -2.25. The van der Waals surface area contributed by atoms with Crippen molar-refractivity contribution < 1.29 is 0 Å². The molecule has 2 heterocycles. The number of aromatic amines is 1. The lowest BCUT2D eigenvalue weighted by molar-refractivity contribution is 0.341. The number of imidazole rings is 1. The van der Waals surface area contributed by atoms with Crippen LogP contribution in [0.1, 0.15) is 50.8 Å². The minimum atomic E-state index is 0.522. The Kier molecular flexibility index (Phi) is 3.87. The third-order valence-electron chi connectivity index (χ3n) is 3.37. The summed E-state index contributed by atoms with van der Waals surface area (Å²) in [6, 6.07) is 0. The van der Waals surface area contributed by atoms with Gasteiger partial charge in [-0.25, -0.2) is 4.98 Å². The Labute approximate surface area is 104 Å². The van der Waals surface area contributed by atoms with E-state index in [9.17, 15) is 0 Å². The minimum absolute atomic E-state index is 0.522. The third-order valence-corrected chi connectivity index (χ3v) is 3.37. The Morgan fingerprint density at radius 2 is 1.94 bits per heavy atom. The average molecular weight is 235 g/mol. The van der Waals surface area contributed by atoms with E-state index in [0.29, 0.717) is 11.8 Å². The number of H-pyrrole nitrogens is 1. The monoisotopic (exact) mass is 235 g/mol. The predicted molar refractivity (Wildman–Crippen MR) is 71.3 cm³/mol. The van der Waals surface area contributed by atoms with Crippen LogP contribution in [0.4, 0.5) is 0 Å². The third kappa shape index (κ3) is 3.09. The van der Waals surface area contributed by atoms with Crippen LogP contribution in [0.2, 0.25) is 0 Å². The summed E-state index contributed by atoms with van der Waals surface area (Å²) in [6.45, 7) is 11.3. The van der Waals surface area contributed by atoms with Crippen LogP contribution >= 0.6 is 0 Å². The van der Waals surface area contributed by atoms with E-state index in [1.165, 1.54) is 17.2 Å². The van der Waals surface area contributed by atoms with Crippen LogP contribution in [-0.4, -0.2) is 23.1 Å². The van der Waals surface area contributed by atoms with Crippen molar-refractivity contribution in [3.63, 3.8) is 0 Å². The maximum absolute atomic E-state index is 4.80. The van der Waals surface area contributed by atoms with Crippen molar-refractivity contribution in [3.8, 4) is 0 Å². The van der Waals surface area contributed by atoms with Gasteiger partial charge in [-0.05, 0) is 37.3 Å². The van der Waals surface area contributed by atoms with Gasteiger partial charge < -0.3 is 10.3 Å². The van der Waals surface area contributed by atoms with Gasteiger partial charge in [-0.15, -0.1) is 0 Å². The zero-order valence-corrected chi connectivity index (χ0v) is 11.5. The number of nitrogens with one attached hydrogen (secondary N) is 2. The Balaban J connectivity index is 2.11. The molecule has 1 aliphatic rings. The molecule has 17 heavy (non-hydrogen) atoms. The molecule has 2 rings (SSSR count). The van der Waals surface area contributed by atoms with Gasteiger partial charge in [-0.3, -0.25) is 0 Å². The molecule has 0 unspecified atom stereocenters. The van der Waals surface area contributed by atoms with Crippen molar-refractivity contribution in [2.45, 2.75) is 46.5 Å². The van der Waals surface area contributed by atoms with E-state index in [4.69, 9.17) is 4.98 Å². The summed E-state index contributed by atoms with van der Waals surface area (Å²) in [7, 11) is 0. The quantitative estimate of drug-likeness (QED) is 0.823. The molecule has 1 aromatic rings. The maximum atomic E-state index is 4.80. The molecular formula is C14H25N3. The SMILES string of the molecule is CC(C)Cc1[nH]c(CC2CNC2)nc1C(C)C. The standard InChI is InChI=1S/C14H25N3/c1-9(2)5-12-14(10(3)4)17-13(16-12)6-11-7-15-8-11/h9-11,15H,5-8H2,1-4H3,(H,16,17). The van der Waals surface area contributed by atoms with Gasteiger partial charge >= 0.3 is 0 Å². The predicted octanol–water partition coefficient (Wildman–Crippen LogP) is 2.49. The zero-order valence-electron chi connectivity index (χ0n) is 11.5. The number of hydrogen-bond acceptors (Lipinski definition) is 2. The van der Waals surface area contributed by atoms with Crippen LogP contribution in [0.3, 0.4) is 0 Å². The normalized spacial score (nSPS) is 16.8. The number of hydrogen-bond donors (Lipinski definition) is 2. The first-order valence-electron chi connectivity index (χ1n) is 6.84. The topological polar surface area (TPSA) is 40.7 Å². The van der Waals surface area contributed by atoms with Crippen molar-refractivity contribution >= 4 is 0 Å². The minimum Gasteiger partial charge on any atom is -0.346 e. The van der Waals surface area contributed by atoms with Gasteiger partial charge in [-0.2, -0.15) is 0 Å². The van der Waals surface area contributed by atoms with E-state index in [0.717, 1.165) is 31.8 Å². The molecule has 0 aromatic carbocycles. The Bertz CT molecular complexity index is 362. The first-order chi connectivity index (χ1) is 8.06. The average Bonchev–Trinajstić information content (AvgIpc) is 2.54. The highest BCUT2D eigenvalue weighted by molar-refractivity contribution is 5.19. The molecule has 3 heteroatoms. The van der Waals surface area contributed by atoms with Gasteiger partial charge in [0.05, 0.1) is 5.69 Å². The molecule has 0 spiro atoms. The lowest BCUT2D eigenvalue weighted by Crippen LogP contribution is -2.43. The molecule has 2 N–H and O–H groups in total. The van der Waals surface area contributed by atoms with E-state index >= 15 is 0 Å². The molecule has 1 aliphatic heterocycles. The molecule has 0 bridgehead atoms. The molecule has 1 aromatic heterocycles. The molecule has 0 atom stereocenters. The largest absolute Gasteiger partial charge is 0.346 e. The summed E-state index contributed by atoms with van der Waals surface area (Å²) in [5.41, 5.74) is 2.64. The summed E-state index contributed by atoms with van der Waals surface area (Å²) in [6.07, 6.45) is 2.22. The lowest BCUT2D eigenvalue weighted by atomic mass is 9.99. The Hall–Kier alpha value is -0.830. The van der Waals surface area contributed by atoms with Crippen LogP contribution in [0.5, 0.6) is 0 Å². The summed E-state index contributed by atoms with van der Waals surface area (Å²) >= 11 is 0. The van der Waals surface area contributed by atoms with Crippen molar-refractivity contribution in [2.75, 3.05) is 13.1 Å². The Morgan fingerprint density at radius 1 is 1.24 bits per heavy atom. The van der Waals surface area contributed by atoms with Gasteiger partial charge in [0.1, 0.15) is 5.82 Å². The van der Waals surface area contributed by atoms with E-state index in [2.05, 4.69) is 38.0 Å². The van der Waals surface area contributed by atoms with Gasteiger partial charge in [0, 0.05) is 12.1 Å². The summed E-state index contributed by atoms with van der Waals surface area (Å²) in [5.74, 6) is 3.18. The van der Waals surface area contributed by atoms with E-state index < -0.39 is 0 Å². The van der Waals surface area contributed by atoms with Gasteiger partial charge in [0.2, 0.25) is 0 Å². The highest BCUT2D eigenvalue weighted by Crippen LogP contribution is 2.21. The first kappa shape index (κ1) is 12.6. The van der Waals surface area contributed by atoms with E-state index in [-0.39, 0.29) is 0 Å². The van der Waals surface area contributed by atoms with Crippen LogP contribution < -0.4 is 5.32 Å². The van der Waals surface area contributed by atoms with Crippen LogP contribution in [0.25, 0.3) is 0 Å². The highest BCUT2D eigenvalue weighted by atomic mass is 15.0. The summed E-state index contributed by atoms with van der Waals surface area (Å²) in [4.78, 5) is 8.36. The van der Waals surface area contributed by atoms with E-state index in [1.807, 2.05) is 0 Å². The molecule has 3 nitrogen and oxygen atoms in total. The summed E-state index contributed by atoms with van der Waals surface area (Å²) < 4.78 is 0. The molecule has 0 radical (unpaired) electrons.